The van der Waals surface area contributed by atoms with Gasteiger partial charge in [-0.25, -0.2) is 4.79 Å². The summed E-state index contributed by atoms with van der Waals surface area (Å²) in [7, 11) is 3.12. The summed E-state index contributed by atoms with van der Waals surface area (Å²) in [5.41, 5.74) is 0.551. The quantitative estimate of drug-likeness (QED) is 0.649. The van der Waals surface area contributed by atoms with Gasteiger partial charge in [0.25, 0.3) is 5.91 Å². The van der Waals surface area contributed by atoms with Gasteiger partial charge in [0.1, 0.15) is 15.8 Å². The molecule has 2 rings (SSSR count). The predicted octanol–water partition coefficient (Wildman–Crippen LogP) is 1.99. The van der Waals surface area contributed by atoms with E-state index in [9.17, 15) is 9.59 Å². The number of likely N-dealkylation sites (N-methyl/N-ethyl adjacent to an activating group) is 1. The Morgan fingerprint density at radius 1 is 1.50 bits per heavy atom. The maximum absolute atomic E-state index is 12.0. The summed E-state index contributed by atoms with van der Waals surface area (Å²) in [5, 5.41) is 8.72. The summed E-state index contributed by atoms with van der Waals surface area (Å²) in [5.74, 6) is -0.367. The van der Waals surface area contributed by atoms with E-state index < -0.39 is 12.6 Å². The Morgan fingerprint density at radius 3 is 2.77 bits per heavy atom. The number of amides is 1. The molecule has 1 fully saturated rings. The van der Waals surface area contributed by atoms with Crippen LogP contribution in [0.5, 0.6) is 11.5 Å². The van der Waals surface area contributed by atoms with Gasteiger partial charge in [-0.3, -0.25) is 9.69 Å². The number of carboxylic acids is 1. The van der Waals surface area contributed by atoms with Crippen LogP contribution in [0, 0.1) is 0 Å². The second-order valence-corrected chi connectivity index (χ2v) is 6.00. The SMILES string of the molecule is COc1ccc(OCC(=O)O)c(C=C2SC(=S)N(C)C2=O)c1. The molecule has 8 heteroatoms. The predicted molar refractivity (Wildman–Crippen MR) is 87.1 cm³/mol. The van der Waals surface area contributed by atoms with E-state index in [0.717, 1.165) is 0 Å². The van der Waals surface area contributed by atoms with Crippen LogP contribution >= 0.6 is 24.0 Å². The number of carboxylic acid groups (broad SMARTS) is 1. The molecule has 0 radical (unpaired) electrons. The number of aliphatic carboxylic acids is 1. The number of carbonyl (C=O) groups excluding carboxylic acids is 1. The molecular weight excluding hydrogens is 326 g/mol. The van der Waals surface area contributed by atoms with Crippen molar-refractivity contribution in [3.8, 4) is 11.5 Å². The molecule has 1 aliphatic heterocycles. The highest BCUT2D eigenvalue weighted by atomic mass is 32.2. The molecule has 0 bridgehead atoms. The number of hydrogen-bond acceptors (Lipinski definition) is 6. The maximum atomic E-state index is 12.0. The lowest BCUT2D eigenvalue weighted by Gasteiger charge is -2.09. The van der Waals surface area contributed by atoms with Gasteiger partial charge in [0.2, 0.25) is 0 Å². The van der Waals surface area contributed by atoms with Crippen LogP contribution in [0.4, 0.5) is 0 Å². The van der Waals surface area contributed by atoms with Gasteiger partial charge in [0, 0.05) is 12.6 Å². The largest absolute Gasteiger partial charge is 0.497 e. The van der Waals surface area contributed by atoms with Gasteiger partial charge >= 0.3 is 5.97 Å². The van der Waals surface area contributed by atoms with Gasteiger partial charge in [-0.15, -0.1) is 0 Å². The molecule has 0 aliphatic carbocycles. The Morgan fingerprint density at radius 2 is 2.23 bits per heavy atom. The van der Waals surface area contributed by atoms with Crippen molar-refractivity contribution in [1.82, 2.24) is 4.90 Å². The van der Waals surface area contributed by atoms with Crippen molar-refractivity contribution < 1.29 is 24.2 Å². The van der Waals surface area contributed by atoms with Crippen LogP contribution in [0.3, 0.4) is 0 Å². The van der Waals surface area contributed by atoms with Crippen LogP contribution < -0.4 is 9.47 Å². The highest BCUT2D eigenvalue weighted by molar-refractivity contribution is 8.26. The summed E-state index contributed by atoms with van der Waals surface area (Å²) >= 11 is 6.25. The Kier molecular flexibility index (Phi) is 5.04. The molecule has 0 aromatic heterocycles. The monoisotopic (exact) mass is 339 g/mol. The van der Waals surface area contributed by atoms with Crippen molar-refractivity contribution in [1.29, 1.82) is 0 Å². The van der Waals surface area contributed by atoms with Crippen molar-refractivity contribution >= 4 is 46.3 Å². The highest BCUT2D eigenvalue weighted by Gasteiger charge is 2.29. The second-order valence-electron chi connectivity index (χ2n) is 4.33. The molecule has 6 nitrogen and oxygen atoms in total. The van der Waals surface area contributed by atoms with E-state index in [1.54, 1.807) is 31.3 Å². The molecule has 1 amide bonds. The molecule has 1 N–H and O–H groups in total. The summed E-state index contributed by atoms with van der Waals surface area (Å²) < 4.78 is 10.8. The first-order valence-electron chi connectivity index (χ1n) is 6.16. The van der Waals surface area contributed by atoms with Crippen LogP contribution in [-0.4, -0.2) is 47.0 Å². The molecule has 116 valence electrons. The molecule has 1 aliphatic rings. The second kappa shape index (κ2) is 6.80. The van der Waals surface area contributed by atoms with E-state index in [2.05, 4.69) is 0 Å². The fraction of sp³-hybridized carbons (Fsp3) is 0.214. The normalized spacial score (nSPS) is 16.3. The standard InChI is InChI=1S/C14H13NO5S2/c1-15-13(18)11(22-14(15)21)6-8-5-9(19-2)3-4-10(8)20-7-12(16)17/h3-6H,7H2,1-2H3,(H,16,17). The fourth-order valence-electron chi connectivity index (χ4n) is 1.72. The smallest absolute Gasteiger partial charge is 0.341 e. The topological polar surface area (TPSA) is 76.1 Å². The Bertz CT molecular complexity index is 671. The summed E-state index contributed by atoms with van der Waals surface area (Å²) in [6.07, 6.45) is 1.61. The molecule has 0 saturated carbocycles. The van der Waals surface area contributed by atoms with Crippen LogP contribution in [0.25, 0.3) is 6.08 Å². The van der Waals surface area contributed by atoms with Gasteiger partial charge in [0.15, 0.2) is 6.61 Å². The van der Waals surface area contributed by atoms with Crippen LogP contribution in [0.15, 0.2) is 23.1 Å². The number of nitrogens with zero attached hydrogens (tertiary/aromatic N) is 1. The van der Waals surface area contributed by atoms with Crippen molar-refractivity contribution in [2.45, 2.75) is 0 Å². The minimum Gasteiger partial charge on any atom is -0.497 e. The van der Waals surface area contributed by atoms with Crippen molar-refractivity contribution in [3.05, 3.63) is 28.7 Å². The van der Waals surface area contributed by atoms with Crippen molar-refractivity contribution in [3.63, 3.8) is 0 Å². The van der Waals surface area contributed by atoms with Crippen molar-refractivity contribution in [2.24, 2.45) is 0 Å². The third kappa shape index (κ3) is 3.58. The molecule has 0 atom stereocenters. The van der Waals surface area contributed by atoms with Gasteiger partial charge in [0.05, 0.1) is 12.0 Å². The number of rotatable bonds is 5. The number of thiocarbonyl (C=S) groups is 1. The van der Waals surface area contributed by atoms with E-state index in [-0.39, 0.29) is 5.91 Å². The minimum absolute atomic E-state index is 0.206. The lowest BCUT2D eigenvalue weighted by Crippen LogP contribution is -2.22. The molecule has 22 heavy (non-hydrogen) atoms. The molecular formula is C14H13NO5S2. The molecule has 1 aromatic carbocycles. The maximum Gasteiger partial charge on any atom is 0.341 e. The van der Waals surface area contributed by atoms with Gasteiger partial charge in [-0.1, -0.05) is 24.0 Å². The number of benzene rings is 1. The third-order valence-electron chi connectivity index (χ3n) is 2.84. The number of thioether (sulfide) groups is 1. The van der Waals surface area contributed by atoms with E-state index in [1.165, 1.54) is 23.8 Å². The molecule has 0 unspecified atom stereocenters. The van der Waals surface area contributed by atoms with E-state index in [1.807, 2.05) is 0 Å². The lowest BCUT2D eigenvalue weighted by atomic mass is 10.1. The summed E-state index contributed by atoms with van der Waals surface area (Å²) in [6.45, 7) is -0.470. The minimum atomic E-state index is -1.08. The van der Waals surface area contributed by atoms with Gasteiger partial charge < -0.3 is 14.6 Å². The van der Waals surface area contributed by atoms with Crippen molar-refractivity contribution in [2.75, 3.05) is 20.8 Å². The van der Waals surface area contributed by atoms with E-state index in [0.29, 0.717) is 26.3 Å². The first-order valence-corrected chi connectivity index (χ1v) is 7.39. The molecule has 1 saturated heterocycles. The highest BCUT2D eigenvalue weighted by Crippen LogP contribution is 2.34. The third-order valence-corrected chi connectivity index (χ3v) is 4.33. The number of hydrogen-bond donors (Lipinski definition) is 1. The summed E-state index contributed by atoms with van der Waals surface area (Å²) in [6, 6.07) is 4.92. The molecule has 1 aromatic rings. The van der Waals surface area contributed by atoms with Gasteiger partial charge in [-0.05, 0) is 24.3 Å². The molecule has 0 spiro atoms. The fourth-order valence-corrected chi connectivity index (χ4v) is 2.89. The van der Waals surface area contributed by atoms with E-state index in [4.69, 9.17) is 26.8 Å². The van der Waals surface area contributed by atoms with Crippen LogP contribution in [0.2, 0.25) is 0 Å². The zero-order valence-electron chi connectivity index (χ0n) is 11.9. The average molecular weight is 339 g/mol. The first-order chi connectivity index (χ1) is 10.4. The zero-order chi connectivity index (χ0) is 16.3. The number of methoxy groups -OCH3 is 1. The van der Waals surface area contributed by atoms with Crippen LogP contribution in [-0.2, 0) is 9.59 Å². The summed E-state index contributed by atoms with van der Waals surface area (Å²) in [4.78, 5) is 24.5. The first kappa shape index (κ1) is 16.3. The Hall–Kier alpha value is -2.06. The average Bonchev–Trinajstić information content (AvgIpc) is 2.73. The number of ether oxygens (including phenoxy) is 2. The zero-order valence-corrected chi connectivity index (χ0v) is 13.5. The van der Waals surface area contributed by atoms with Crippen LogP contribution in [0.1, 0.15) is 5.56 Å². The van der Waals surface area contributed by atoms with Gasteiger partial charge in [-0.2, -0.15) is 0 Å². The van der Waals surface area contributed by atoms with E-state index >= 15 is 0 Å². The Balaban J connectivity index is 2.37. The molecule has 1 heterocycles. The number of carbonyl (C=O) groups is 2. The Labute approximate surface area is 136 Å². The lowest BCUT2D eigenvalue weighted by molar-refractivity contribution is -0.139.